The highest BCUT2D eigenvalue weighted by Crippen LogP contribution is 2.18. The molecule has 3 aromatic carbocycles. The van der Waals surface area contributed by atoms with Crippen molar-refractivity contribution in [1.29, 1.82) is 5.26 Å². The van der Waals surface area contributed by atoms with Crippen LogP contribution in [-0.2, 0) is 20.8 Å². The molecule has 0 aliphatic carbocycles. The summed E-state index contributed by atoms with van der Waals surface area (Å²) in [5.41, 5.74) is 4.14. The SMILES string of the molecule is CC(ONC(=O)Cc1cccc2ccccc12)C(=O)Nc1cccc(C#N)c1. The first-order valence-corrected chi connectivity index (χ1v) is 8.79. The van der Waals surface area contributed by atoms with E-state index in [1.807, 2.05) is 48.5 Å². The Labute approximate surface area is 162 Å². The quantitative estimate of drug-likeness (QED) is 0.649. The van der Waals surface area contributed by atoms with Gasteiger partial charge in [-0.3, -0.25) is 14.4 Å². The number of hydroxylamine groups is 1. The second kappa shape index (κ2) is 8.80. The molecule has 3 aromatic rings. The van der Waals surface area contributed by atoms with Gasteiger partial charge in [0, 0.05) is 5.69 Å². The van der Waals surface area contributed by atoms with Crippen molar-refractivity contribution < 1.29 is 14.4 Å². The summed E-state index contributed by atoms with van der Waals surface area (Å²) in [6.07, 6.45) is -0.762. The lowest BCUT2D eigenvalue weighted by molar-refractivity contribution is -0.143. The minimum atomic E-state index is -0.901. The third kappa shape index (κ3) is 4.72. The largest absolute Gasteiger partial charge is 0.324 e. The van der Waals surface area contributed by atoms with E-state index in [4.69, 9.17) is 10.1 Å². The van der Waals surface area contributed by atoms with Gasteiger partial charge < -0.3 is 5.32 Å². The number of anilines is 1. The zero-order valence-electron chi connectivity index (χ0n) is 15.3. The van der Waals surface area contributed by atoms with E-state index >= 15 is 0 Å². The van der Waals surface area contributed by atoms with Gasteiger partial charge in [-0.05, 0) is 41.5 Å². The lowest BCUT2D eigenvalue weighted by atomic mass is 10.0. The number of hydrogen-bond donors (Lipinski definition) is 2. The molecule has 0 radical (unpaired) electrons. The molecule has 0 fully saturated rings. The van der Waals surface area contributed by atoms with Crippen LogP contribution in [0.5, 0.6) is 0 Å². The maximum absolute atomic E-state index is 12.2. The van der Waals surface area contributed by atoms with Crippen molar-refractivity contribution in [2.45, 2.75) is 19.4 Å². The number of nitrogens with zero attached hydrogens (tertiary/aromatic N) is 1. The van der Waals surface area contributed by atoms with E-state index in [9.17, 15) is 9.59 Å². The van der Waals surface area contributed by atoms with Crippen LogP contribution >= 0.6 is 0 Å². The maximum Gasteiger partial charge on any atom is 0.255 e. The van der Waals surface area contributed by atoms with Gasteiger partial charge in [-0.2, -0.15) is 5.26 Å². The van der Waals surface area contributed by atoms with Gasteiger partial charge >= 0.3 is 0 Å². The molecule has 0 aliphatic heterocycles. The van der Waals surface area contributed by atoms with Crippen LogP contribution in [0.25, 0.3) is 10.8 Å². The summed E-state index contributed by atoms with van der Waals surface area (Å²) in [6, 6.07) is 22.1. The molecular weight excluding hydrogens is 354 g/mol. The summed E-state index contributed by atoms with van der Waals surface area (Å²) < 4.78 is 0. The summed E-state index contributed by atoms with van der Waals surface area (Å²) in [5, 5.41) is 13.6. The summed E-state index contributed by atoms with van der Waals surface area (Å²) >= 11 is 0. The van der Waals surface area contributed by atoms with Gasteiger partial charge in [0.1, 0.15) is 0 Å². The van der Waals surface area contributed by atoms with Crippen molar-refractivity contribution in [3.63, 3.8) is 0 Å². The van der Waals surface area contributed by atoms with Crippen LogP contribution < -0.4 is 10.8 Å². The third-order valence-electron chi connectivity index (χ3n) is 4.21. The fraction of sp³-hybridized carbons (Fsp3) is 0.136. The summed E-state index contributed by atoms with van der Waals surface area (Å²) in [4.78, 5) is 29.6. The smallest absolute Gasteiger partial charge is 0.255 e. The summed E-state index contributed by atoms with van der Waals surface area (Å²) in [5.74, 6) is -0.775. The van der Waals surface area contributed by atoms with E-state index in [0.717, 1.165) is 16.3 Å². The molecule has 6 nitrogen and oxygen atoms in total. The van der Waals surface area contributed by atoms with E-state index in [1.165, 1.54) is 6.92 Å². The van der Waals surface area contributed by atoms with E-state index in [0.29, 0.717) is 11.3 Å². The van der Waals surface area contributed by atoms with Gasteiger partial charge in [0.2, 0.25) is 5.91 Å². The van der Waals surface area contributed by atoms with Crippen LogP contribution in [0.1, 0.15) is 18.1 Å². The average Bonchev–Trinajstić information content (AvgIpc) is 2.72. The van der Waals surface area contributed by atoms with E-state index in [2.05, 4.69) is 10.8 Å². The minimum Gasteiger partial charge on any atom is -0.324 e. The first-order valence-electron chi connectivity index (χ1n) is 8.79. The molecule has 2 N–H and O–H groups in total. The zero-order valence-corrected chi connectivity index (χ0v) is 15.3. The highest BCUT2D eigenvalue weighted by Gasteiger charge is 2.16. The van der Waals surface area contributed by atoms with Crippen molar-refractivity contribution >= 4 is 28.3 Å². The molecule has 0 spiro atoms. The van der Waals surface area contributed by atoms with Crippen molar-refractivity contribution in [3.8, 4) is 6.07 Å². The van der Waals surface area contributed by atoms with Gasteiger partial charge in [-0.1, -0.05) is 48.5 Å². The fourth-order valence-corrected chi connectivity index (χ4v) is 2.77. The van der Waals surface area contributed by atoms with Crippen LogP contribution in [0.2, 0.25) is 0 Å². The molecule has 0 aromatic heterocycles. The topological polar surface area (TPSA) is 91.2 Å². The first kappa shape index (κ1) is 19.1. The molecule has 1 atom stereocenters. The standard InChI is InChI=1S/C22H19N3O3/c1-15(22(27)24-19-10-4-6-16(12-19)14-23)28-25-21(26)13-18-9-5-8-17-7-2-3-11-20(17)18/h2-12,15H,13H2,1H3,(H,24,27)(H,25,26). The Morgan fingerprint density at radius 2 is 1.82 bits per heavy atom. The first-order chi connectivity index (χ1) is 13.6. The molecule has 28 heavy (non-hydrogen) atoms. The summed E-state index contributed by atoms with van der Waals surface area (Å²) in [6.45, 7) is 1.53. The molecule has 6 heteroatoms. The lowest BCUT2D eigenvalue weighted by Crippen LogP contribution is -2.36. The van der Waals surface area contributed by atoms with Crippen molar-refractivity contribution in [2.24, 2.45) is 0 Å². The Morgan fingerprint density at radius 1 is 1.07 bits per heavy atom. The molecule has 0 aliphatic rings. The highest BCUT2D eigenvalue weighted by atomic mass is 16.7. The van der Waals surface area contributed by atoms with Crippen LogP contribution in [0.3, 0.4) is 0 Å². The normalized spacial score (nSPS) is 11.4. The Bertz CT molecular complexity index is 1050. The fourth-order valence-electron chi connectivity index (χ4n) is 2.77. The molecule has 0 saturated heterocycles. The Balaban J connectivity index is 1.55. The molecule has 140 valence electrons. The number of hydrogen-bond acceptors (Lipinski definition) is 4. The minimum absolute atomic E-state index is 0.139. The second-order valence-corrected chi connectivity index (χ2v) is 6.28. The molecule has 1 unspecified atom stereocenters. The monoisotopic (exact) mass is 373 g/mol. The number of nitrogens with one attached hydrogen (secondary N) is 2. The number of rotatable bonds is 6. The van der Waals surface area contributed by atoms with Gasteiger partial charge in [-0.15, -0.1) is 0 Å². The molecule has 0 saturated carbocycles. The highest BCUT2D eigenvalue weighted by molar-refractivity contribution is 5.94. The van der Waals surface area contributed by atoms with Gasteiger partial charge in [0.15, 0.2) is 6.10 Å². The second-order valence-electron chi connectivity index (χ2n) is 6.28. The van der Waals surface area contributed by atoms with E-state index in [-0.39, 0.29) is 12.3 Å². The van der Waals surface area contributed by atoms with Crippen molar-refractivity contribution in [3.05, 3.63) is 77.9 Å². The van der Waals surface area contributed by atoms with Gasteiger partial charge in [0.05, 0.1) is 18.1 Å². The predicted molar refractivity (Wildman–Crippen MR) is 106 cm³/mol. The molecule has 0 bridgehead atoms. The van der Waals surface area contributed by atoms with Gasteiger partial charge in [-0.25, -0.2) is 5.48 Å². The number of carbonyl (C=O) groups is 2. The van der Waals surface area contributed by atoms with Crippen LogP contribution in [-0.4, -0.2) is 17.9 Å². The molecule has 0 heterocycles. The number of benzene rings is 3. The molecule has 3 rings (SSSR count). The molecule has 2 amide bonds. The van der Waals surface area contributed by atoms with Crippen molar-refractivity contribution in [2.75, 3.05) is 5.32 Å². The number of carbonyl (C=O) groups excluding carboxylic acids is 2. The van der Waals surface area contributed by atoms with Crippen LogP contribution in [0, 0.1) is 11.3 Å². The predicted octanol–water partition coefficient (Wildman–Crippen LogP) is 3.33. The number of nitriles is 1. The Hall–Kier alpha value is -3.69. The van der Waals surface area contributed by atoms with Crippen LogP contribution in [0.4, 0.5) is 5.69 Å². The number of amides is 2. The van der Waals surface area contributed by atoms with Gasteiger partial charge in [0.25, 0.3) is 5.91 Å². The zero-order chi connectivity index (χ0) is 19.9. The van der Waals surface area contributed by atoms with E-state index in [1.54, 1.807) is 24.3 Å². The third-order valence-corrected chi connectivity index (χ3v) is 4.21. The Kier molecular flexibility index (Phi) is 6.00. The Morgan fingerprint density at radius 3 is 2.64 bits per heavy atom. The summed E-state index contributed by atoms with van der Waals surface area (Å²) in [7, 11) is 0. The average molecular weight is 373 g/mol. The van der Waals surface area contributed by atoms with Crippen LogP contribution in [0.15, 0.2) is 66.7 Å². The van der Waals surface area contributed by atoms with E-state index < -0.39 is 12.0 Å². The van der Waals surface area contributed by atoms with Crippen molar-refractivity contribution in [1.82, 2.24) is 5.48 Å². The maximum atomic E-state index is 12.2. The lowest BCUT2D eigenvalue weighted by Gasteiger charge is -2.14. The molecular formula is C22H19N3O3. The number of fused-ring (bicyclic) bond motifs is 1.